The zero-order valence-electron chi connectivity index (χ0n) is 7.91. The predicted octanol–water partition coefficient (Wildman–Crippen LogP) is 2.31. The largest absolute Gasteiger partial charge is 0.330 e. The van der Waals surface area contributed by atoms with E-state index in [2.05, 4.69) is 30.3 Å². The summed E-state index contributed by atoms with van der Waals surface area (Å²) in [5.41, 5.74) is 6.84. The van der Waals surface area contributed by atoms with E-state index in [9.17, 15) is 0 Å². The van der Waals surface area contributed by atoms with Gasteiger partial charge in [0.15, 0.2) is 0 Å². The summed E-state index contributed by atoms with van der Waals surface area (Å²) in [6.07, 6.45) is 2.45. The van der Waals surface area contributed by atoms with Gasteiger partial charge < -0.3 is 5.73 Å². The van der Waals surface area contributed by atoms with Crippen molar-refractivity contribution in [1.29, 1.82) is 0 Å². The van der Waals surface area contributed by atoms with Crippen molar-refractivity contribution in [2.45, 2.75) is 12.8 Å². The lowest BCUT2D eigenvalue weighted by Gasteiger charge is -2.00. The van der Waals surface area contributed by atoms with Crippen molar-refractivity contribution < 1.29 is 0 Å². The fourth-order valence-electron chi connectivity index (χ4n) is 1.21. The maximum atomic E-state index is 5.40. The number of thioether (sulfide) groups is 1. The number of aryl methyl sites for hydroxylation is 1. The highest BCUT2D eigenvalue weighted by Crippen LogP contribution is 2.06. The first-order valence-electron chi connectivity index (χ1n) is 4.75. The zero-order chi connectivity index (χ0) is 9.36. The van der Waals surface area contributed by atoms with Crippen LogP contribution in [0.1, 0.15) is 12.0 Å². The zero-order valence-corrected chi connectivity index (χ0v) is 8.72. The van der Waals surface area contributed by atoms with E-state index in [1.165, 1.54) is 24.2 Å². The molecule has 0 radical (unpaired) electrons. The van der Waals surface area contributed by atoms with E-state index >= 15 is 0 Å². The highest BCUT2D eigenvalue weighted by Gasteiger charge is 1.91. The van der Waals surface area contributed by atoms with Gasteiger partial charge in [-0.3, -0.25) is 0 Å². The number of hydrogen-bond acceptors (Lipinski definition) is 2. The van der Waals surface area contributed by atoms with Crippen LogP contribution in [-0.2, 0) is 6.42 Å². The molecular formula is C11H17NS. The summed E-state index contributed by atoms with van der Waals surface area (Å²) in [5.74, 6) is 2.32. The van der Waals surface area contributed by atoms with E-state index in [4.69, 9.17) is 5.73 Å². The van der Waals surface area contributed by atoms with E-state index in [0.717, 1.165) is 12.3 Å². The lowest BCUT2D eigenvalue weighted by Crippen LogP contribution is -2.02. The Bertz CT molecular complexity index is 211. The van der Waals surface area contributed by atoms with E-state index in [1.807, 2.05) is 11.8 Å². The molecule has 0 bridgehead atoms. The van der Waals surface area contributed by atoms with Gasteiger partial charge in [-0.1, -0.05) is 30.3 Å². The number of nitrogens with two attached hydrogens (primary N) is 1. The summed E-state index contributed by atoms with van der Waals surface area (Å²) in [4.78, 5) is 0. The molecule has 0 atom stereocenters. The van der Waals surface area contributed by atoms with Gasteiger partial charge in [0, 0.05) is 12.3 Å². The van der Waals surface area contributed by atoms with E-state index in [-0.39, 0.29) is 0 Å². The Kier molecular flexibility index (Phi) is 5.70. The summed E-state index contributed by atoms with van der Waals surface area (Å²) in [5, 5.41) is 0. The van der Waals surface area contributed by atoms with Crippen LogP contribution in [0.4, 0.5) is 0 Å². The first-order valence-corrected chi connectivity index (χ1v) is 5.90. The fourth-order valence-corrected chi connectivity index (χ4v) is 1.93. The van der Waals surface area contributed by atoms with Gasteiger partial charge in [0.05, 0.1) is 0 Å². The van der Waals surface area contributed by atoms with Gasteiger partial charge in [0.25, 0.3) is 0 Å². The van der Waals surface area contributed by atoms with Gasteiger partial charge in [-0.15, -0.1) is 0 Å². The molecule has 2 heteroatoms. The standard InChI is InChI=1S/C11H17NS/c12-8-10-13-9-4-7-11-5-2-1-3-6-11/h1-3,5-6H,4,7-10,12H2. The van der Waals surface area contributed by atoms with Gasteiger partial charge >= 0.3 is 0 Å². The quantitative estimate of drug-likeness (QED) is 0.705. The molecule has 13 heavy (non-hydrogen) atoms. The fraction of sp³-hybridized carbons (Fsp3) is 0.455. The minimum atomic E-state index is 0.802. The SMILES string of the molecule is NCCSCCCc1ccccc1. The molecule has 1 aromatic carbocycles. The second-order valence-electron chi connectivity index (χ2n) is 2.99. The highest BCUT2D eigenvalue weighted by molar-refractivity contribution is 7.99. The molecule has 0 spiro atoms. The summed E-state index contributed by atoms with van der Waals surface area (Å²) >= 11 is 1.95. The van der Waals surface area contributed by atoms with Crippen molar-refractivity contribution in [3.63, 3.8) is 0 Å². The summed E-state index contributed by atoms with van der Waals surface area (Å²) < 4.78 is 0. The van der Waals surface area contributed by atoms with Crippen LogP contribution in [0.2, 0.25) is 0 Å². The molecule has 0 aromatic heterocycles. The molecule has 0 aliphatic rings. The maximum Gasteiger partial charge on any atom is 0.00558 e. The molecule has 0 saturated carbocycles. The number of rotatable bonds is 6. The average molecular weight is 195 g/mol. The third kappa shape index (κ3) is 4.96. The van der Waals surface area contributed by atoms with Crippen LogP contribution < -0.4 is 5.73 Å². The molecule has 0 amide bonds. The maximum absolute atomic E-state index is 5.40. The molecule has 0 unspecified atom stereocenters. The highest BCUT2D eigenvalue weighted by atomic mass is 32.2. The topological polar surface area (TPSA) is 26.0 Å². The van der Waals surface area contributed by atoms with Crippen molar-refractivity contribution in [1.82, 2.24) is 0 Å². The number of benzene rings is 1. The monoisotopic (exact) mass is 195 g/mol. The third-order valence-corrected chi connectivity index (χ3v) is 2.96. The molecule has 1 nitrogen and oxygen atoms in total. The van der Waals surface area contributed by atoms with Crippen LogP contribution in [0, 0.1) is 0 Å². The smallest absolute Gasteiger partial charge is 0.00558 e. The molecule has 0 aliphatic heterocycles. The van der Waals surface area contributed by atoms with Gasteiger partial charge in [0.2, 0.25) is 0 Å². The first kappa shape index (κ1) is 10.6. The Morgan fingerprint density at radius 3 is 2.54 bits per heavy atom. The second kappa shape index (κ2) is 6.98. The molecular weight excluding hydrogens is 178 g/mol. The molecule has 0 fully saturated rings. The molecule has 0 aliphatic carbocycles. The van der Waals surface area contributed by atoms with Crippen LogP contribution >= 0.6 is 11.8 Å². The minimum Gasteiger partial charge on any atom is -0.330 e. The molecule has 2 N–H and O–H groups in total. The van der Waals surface area contributed by atoms with Crippen molar-refractivity contribution in [2.75, 3.05) is 18.1 Å². The van der Waals surface area contributed by atoms with Crippen molar-refractivity contribution in [3.8, 4) is 0 Å². The average Bonchev–Trinajstić information content (AvgIpc) is 2.19. The van der Waals surface area contributed by atoms with Crippen molar-refractivity contribution in [3.05, 3.63) is 35.9 Å². The molecule has 1 rings (SSSR count). The normalized spacial score (nSPS) is 10.2. The lowest BCUT2D eigenvalue weighted by molar-refractivity contribution is 0.932. The lowest BCUT2D eigenvalue weighted by atomic mass is 10.1. The molecule has 72 valence electrons. The molecule has 0 saturated heterocycles. The summed E-state index contributed by atoms with van der Waals surface area (Å²) in [6, 6.07) is 10.6. The van der Waals surface area contributed by atoms with Gasteiger partial charge in [0.1, 0.15) is 0 Å². The number of hydrogen-bond donors (Lipinski definition) is 1. The van der Waals surface area contributed by atoms with Crippen molar-refractivity contribution >= 4 is 11.8 Å². The summed E-state index contributed by atoms with van der Waals surface area (Å²) in [6.45, 7) is 0.802. The summed E-state index contributed by atoms with van der Waals surface area (Å²) in [7, 11) is 0. The Labute approximate surface area is 84.7 Å². The Hall–Kier alpha value is -0.470. The van der Waals surface area contributed by atoms with Crippen molar-refractivity contribution in [2.24, 2.45) is 5.73 Å². The van der Waals surface area contributed by atoms with Crippen LogP contribution in [0.3, 0.4) is 0 Å². The van der Waals surface area contributed by atoms with E-state index in [0.29, 0.717) is 0 Å². The predicted molar refractivity (Wildman–Crippen MR) is 61.1 cm³/mol. The molecule has 1 aromatic rings. The minimum absolute atomic E-state index is 0.802. The van der Waals surface area contributed by atoms with Crippen LogP contribution in [0.25, 0.3) is 0 Å². The molecule has 0 heterocycles. The van der Waals surface area contributed by atoms with Crippen LogP contribution in [0.15, 0.2) is 30.3 Å². The van der Waals surface area contributed by atoms with Gasteiger partial charge in [-0.2, -0.15) is 11.8 Å². The second-order valence-corrected chi connectivity index (χ2v) is 4.21. The van der Waals surface area contributed by atoms with E-state index in [1.54, 1.807) is 0 Å². The van der Waals surface area contributed by atoms with Gasteiger partial charge in [-0.05, 0) is 24.2 Å². The van der Waals surface area contributed by atoms with E-state index < -0.39 is 0 Å². The van der Waals surface area contributed by atoms with Crippen LogP contribution in [-0.4, -0.2) is 18.1 Å². The Balaban J connectivity index is 2.07. The van der Waals surface area contributed by atoms with Crippen LogP contribution in [0.5, 0.6) is 0 Å². The van der Waals surface area contributed by atoms with Gasteiger partial charge in [-0.25, -0.2) is 0 Å². The Morgan fingerprint density at radius 1 is 1.08 bits per heavy atom. The Morgan fingerprint density at radius 2 is 1.85 bits per heavy atom. The third-order valence-electron chi connectivity index (χ3n) is 1.86. The first-order chi connectivity index (χ1) is 6.43.